The second-order valence-electron chi connectivity index (χ2n) is 9.34. The van der Waals surface area contributed by atoms with Crippen molar-refractivity contribution in [3.05, 3.63) is 127 Å². The van der Waals surface area contributed by atoms with Crippen molar-refractivity contribution in [1.82, 2.24) is 15.0 Å². The summed E-state index contributed by atoms with van der Waals surface area (Å²) in [5, 5.41) is 2.12. The standard InChI is InChI=1S/C34H23N3O/c1-22-10-8-16-28-30(22)31-27(15-9-17-29(31)38-28)34-36-32(25-13-6-3-7-14-25)35-33(37-34)26-20-18-24(19-21-26)23-11-4-2-5-12-23/h2-21H,1H3. The zero-order valence-electron chi connectivity index (χ0n) is 20.8. The Morgan fingerprint density at radius 3 is 1.61 bits per heavy atom. The van der Waals surface area contributed by atoms with Crippen molar-refractivity contribution in [3.8, 4) is 45.3 Å². The predicted molar refractivity (Wildman–Crippen MR) is 154 cm³/mol. The molecule has 38 heavy (non-hydrogen) atoms. The third-order valence-corrected chi connectivity index (χ3v) is 6.89. The van der Waals surface area contributed by atoms with Crippen LogP contribution in [0.3, 0.4) is 0 Å². The van der Waals surface area contributed by atoms with Crippen LogP contribution in [0.25, 0.3) is 67.2 Å². The van der Waals surface area contributed by atoms with Crippen LogP contribution in [-0.2, 0) is 0 Å². The molecule has 0 radical (unpaired) electrons. The van der Waals surface area contributed by atoms with Crippen LogP contribution >= 0.6 is 0 Å². The number of fused-ring (bicyclic) bond motifs is 3. The maximum Gasteiger partial charge on any atom is 0.164 e. The molecule has 0 unspecified atom stereocenters. The van der Waals surface area contributed by atoms with E-state index >= 15 is 0 Å². The van der Waals surface area contributed by atoms with Gasteiger partial charge in [0.05, 0.1) is 0 Å². The van der Waals surface area contributed by atoms with E-state index in [-0.39, 0.29) is 0 Å². The average molecular weight is 490 g/mol. The monoisotopic (exact) mass is 489 g/mol. The van der Waals surface area contributed by atoms with Gasteiger partial charge in [0.15, 0.2) is 17.5 Å². The molecular formula is C34H23N3O. The van der Waals surface area contributed by atoms with Gasteiger partial charge in [0.1, 0.15) is 11.2 Å². The van der Waals surface area contributed by atoms with E-state index in [1.54, 1.807) is 0 Å². The molecule has 2 aromatic heterocycles. The van der Waals surface area contributed by atoms with Gasteiger partial charge in [0, 0.05) is 27.5 Å². The summed E-state index contributed by atoms with van der Waals surface area (Å²) in [7, 11) is 0. The average Bonchev–Trinajstić information content (AvgIpc) is 3.38. The molecule has 0 saturated heterocycles. The Morgan fingerprint density at radius 2 is 0.921 bits per heavy atom. The van der Waals surface area contributed by atoms with E-state index in [4.69, 9.17) is 19.4 Å². The van der Waals surface area contributed by atoms with E-state index in [1.807, 2.05) is 60.7 Å². The summed E-state index contributed by atoms with van der Waals surface area (Å²) in [6, 6.07) is 41.0. The number of benzene rings is 5. The molecule has 0 amide bonds. The second kappa shape index (κ2) is 9.09. The van der Waals surface area contributed by atoms with Crippen molar-refractivity contribution < 1.29 is 4.42 Å². The normalized spacial score (nSPS) is 11.3. The summed E-state index contributed by atoms with van der Waals surface area (Å²) < 4.78 is 6.21. The van der Waals surface area contributed by atoms with Crippen LogP contribution in [0.1, 0.15) is 5.56 Å². The van der Waals surface area contributed by atoms with E-state index in [0.29, 0.717) is 17.5 Å². The Morgan fingerprint density at radius 1 is 0.421 bits per heavy atom. The zero-order chi connectivity index (χ0) is 25.5. The van der Waals surface area contributed by atoms with Crippen LogP contribution in [0.5, 0.6) is 0 Å². The maximum atomic E-state index is 6.21. The lowest BCUT2D eigenvalue weighted by molar-refractivity contribution is 0.669. The van der Waals surface area contributed by atoms with E-state index in [0.717, 1.165) is 49.8 Å². The number of hydrogen-bond donors (Lipinski definition) is 0. The second-order valence-corrected chi connectivity index (χ2v) is 9.34. The number of aromatic nitrogens is 3. The van der Waals surface area contributed by atoms with E-state index < -0.39 is 0 Å². The molecule has 0 aliphatic carbocycles. The van der Waals surface area contributed by atoms with Gasteiger partial charge in [-0.3, -0.25) is 0 Å². The summed E-state index contributed by atoms with van der Waals surface area (Å²) in [6.07, 6.45) is 0. The third kappa shape index (κ3) is 3.84. The van der Waals surface area contributed by atoms with Gasteiger partial charge in [-0.2, -0.15) is 0 Å². The fourth-order valence-electron chi connectivity index (χ4n) is 5.01. The minimum atomic E-state index is 0.623. The van der Waals surface area contributed by atoms with Crippen molar-refractivity contribution in [3.63, 3.8) is 0 Å². The smallest absolute Gasteiger partial charge is 0.164 e. The molecule has 0 bridgehead atoms. The first-order valence-electron chi connectivity index (χ1n) is 12.6. The van der Waals surface area contributed by atoms with Gasteiger partial charge in [-0.25, -0.2) is 15.0 Å². The minimum Gasteiger partial charge on any atom is -0.456 e. The Bertz CT molecular complexity index is 1910. The van der Waals surface area contributed by atoms with Gasteiger partial charge in [-0.15, -0.1) is 0 Å². The molecule has 4 heteroatoms. The van der Waals surface area contributed by atoms with Crippen LogP contribution in [-0.4, -0.2) is 15.0 Å². The lowest BCUT2D eigenvalue weighted by Crippen LogP contribution is -2.00. The summed E-state index contributed by atoms with van der Waals surface area (Å²) in [4.78, 5) is 14.9. The summed E-state index contributed by atoms with van der Waals surface area (Å²) in [5.74, 6) is 1.90. The van der Waals surface area contributed by atoms with Crippen LogP contribution in [0.2, 0.25) is 0 Å². The van der Waals surface area contributed by atoms with Gasteiger partial charge in [-0.05, 0) is 35.7 Å². The SMILES string of the molecule is Cc1cccc2oc3cccc(-c4nc(-c5ccccc5)nc(-c5ccc(-c6ccccc6)cc5)n4)c3c12. The maximum absolute atomic E-state index is 6.21. The first-order valence-corrected chi connectivity index (χ1v) is 12.6. The van der Waals surface area contributed by atoms with Crippen molar-refractivity contribution in [1.29, 1.82) is 0 Å². The van der Waals surface area contributed by atoms with Gasteiger partial charge >= 0.3 is 0 Å². The molecule has 7 aromatic rings. The first kappa shape index (κ1) is 22.1. The Labute approximate surface area is 220 Å². The molecular weight excluding hydrogens is 466 g/mol. The molecule has 0 spiro atoms. The van der Waals surface area contributed by atoms with Crippen molar-refractivity contribution in [2.45, 2.75) is 6.92 Å². The van der Waals surface area contributed by atoms with Crippen LogP contribution < -0.4 is 0 Å². The van der Waals surface area contributed by atoms with E-state index in [2.05, 4.69) is 67.6 Å². The van der Waals surface area contributed by atoms with Gasteiger partial charge in [0.2, 0.25) is 0 Å². The van der Waals surface area contributed by atoms with Crippen molar-refractivity contribution >= 4 is 21.9 Å². The third-order valence-electron chi connectivity index (χ3n) is 6.89. The fourth-order valence-corrected chi connectivity index (χ4v) is 5.01. The molecule has 0 N–H and O–H groups in total. The molecule has 4 nitrogen and oxygen atoms in total. The fraction of sp³-hybridized carbons (Fsp3) is 0.0294. The number of aryl methyl sites for hydroxylation is 1. The quantitative estimate of drug-likeness (QED) is 0.248. The highest BCUT2D eigenvalue weighted by Gasteiger charge is 2.18. The molecule has 5 aromatic carbocycles. The highest BCUT2D eigenvalue weighted by atomic mass is 16.3. The molecule has 0 atom stereocenters. The first-order chi connectivity index (χ1) is 18.7. The van der Waals surface area contributed by atoms with Gasteiger partial charge < -0.3 is 4.42 Å². The van der Waals surface area contributed by atoms with Crippen molar-refractivity contribution in [2.75, 3.05) is 0 Å². The van der Waals surface area contributed by atoms with Crippen LogP contribution in [0.15, 0.2) is 126 Å². The molecule has 7 rings (SSSR count). The Balaban J connectivity index is 1.44. The zero-order valence-corrected chi connectivity index (χ0v) is 20.8. The Hall–Kier alpha value is -5.09. The van der Waals surface area contributed by atoms with E-state index in [9.17, 15) is 0 Å². The summed E-state index contributed by atoms with van der Waals surface area (Å²) in [5.41, 5.74) is 7.97. The highest BCUT2D eigenvalue weighted by molar-refractivity contribution is 6.13. The number of nitrogens with zero attached hydrogens (tertiary/aromatic N) is 3. The predicted octanol–water partition coefficient (Wildman–Crippen LogP) is 8.75. The molecule has 0 fully saturated rings. The molecule has 0 aliphatic heterocycles. The number of hydrogen-bond acceptors (Lipinski definition) is 4. The Kier molecular flexibility index (Phi) is 5.30. The highest BCUT2D eigenvalue weighted by Crippen LogP contribution is 2.38. The van der Waals surface area contributed by atoms with Gasteiger partial charge in [-0.1, -0.05) is 109 Å². The van der Waals surface area contributed by atoms with Crippen LogP contribution in [0, 0.1) is 6.92 Å². The van der Waals surface area contributed by atoms with Crippen molar-refractivity contribution in [2.24, 2.45) is 0 Å². The van der Waals surface area contributed by atoms with E-state index in [1.165, 1.54) is 5.56 Å². The molecule has 0 aliphatic rings. The number of rotatable bonds is 4. The number of furan rings is 1. The lowest BCUT2D eigenvalue weighted by Gasteiger charge is -2.10. The summed E-state index contributed by atoms with van der Waals surface area (Å²) >= 11 is 0. The largest absolute Gasteiger partial charge is 0.456 e. The van der Waals surface area contributed by atoms with Crippen LogP contribution in [0.4, 0.5) is 0 Å². The molecule has 2 heterocycles. The molecule has 180 valence electrons. The minimum absolute atomic E-state index is 0.623. The topological polar surface area (TPSA) is 51.8 Å². The summed E-state index contributed by atoms with van der Waals surface area (Å²) in [6.45, 7) is 2.11. The molecule has 0 saturated carbocycles. The van der Waals surface area contributed by atoms with Gasteiger partial charge in [0.25, 0.3) is 0 Å². The lowest BCUT2D eigenvalue weighted by atomic mass is 10.0.